The molecule has 3 amide bonds. The number of carbonyl (C=O) groups excluding carboxylic acids is 3. The summed E-state index contributed by atoms with van der Waals surface area (Å²) in [5.41, 5.74) is 0.918. The van der Waals surface area contributed by atoms with Crippen LogP contribution in [-0.4, -0.2) is 57.2 Å². The van der Waals surface area contributed by atoms with Gasteiger partial charge < -0.3 is 20.7 Å². The number of nitrogens with one attached hydrogen (secondary N) is 3. The predicted molar refractivity (Wildman–Crippen MR) is 120 cm³/mol. The van der Waals surface area contributed by atoms with Crippen molar-refractivity contribution in [2.45, 2.75) is 18.7 Å². The van der Waals surface area contributed by atoms with Crippen LogP contribution in [0.25, 0.3) is 0 Å². The molecule has 2 aromatic rings. The number of hydrogen-bond donors (Lipinski definition) is 3. The van der Waals surface area contributed by atoms with Gasteiger partial charge in [-0.05, 0) is 55.5 Å². The van der Waals surface area contributed by atoms with Gasteiger partial charge in [-0.1, -0.05) is 0 Å². The average molecular weight is 463 g/mol. The third kappa shape index (κ3) is 7.36. The molecule has 0 aliphatic heterocycles. The molecule has 0 radical (unpaired) electrons. The Kier molecular flexibility index (Phi) is 8.73. The van der Waals surface area contributed by atoms with Gasteiger partial charge in [0.05, 0.1) is 11.4 Å². The van der Waals surface area contributed by atoms with E-state index in [0.29, 0.717) is 23.7 Å². The number of hydrogen-bond acceptors (Lipinski definition) is 6. The third-order valence-electron chi connectivity index (χ3n) is 4.13. The lowest BCUT2D eigenvalue weighted by Crippen LogP contribution is -2.34. The molecule has 172 valence electrons. The van der Waals surface area contributed by atoms with Crippen LogP contribution in [-0.2, 0) is 24.4 Å². The topological polar surface area (TPSA) is 134 Å². The highest BCUT2D eigenvalue weighted by Crippen LogP contribution is 2.18. The van der Waals surface area contributed by atoms with Crippen LogP contribution in [0.15, 0.2) is 53.4 Å². The van der Waals surface area contributed by atoms with Crippen LogP contribution >= 0.6 is 0 Å². The number of sulfonamides is 1. The first-order chi connectivity index (χ1) is 15.1. The first-order valence-electron chi connectivity index (χ1n) is 9.75. The molecule has 0 heterocycles. The van der Waals surface area contributed by atoms with Gasteiger partial charge in [0.2, 0.25) is 21.8 Å². The van der Waals surface area contributed by atoms with Crippen molar-refractivity contribution in [1.82, 2.24) is 9.62 Å². The second kappa shape index (κ2) is 11.3. The molecule has 0 aliphatic carbocycles. The van der Waals surface area contributed by atoms with E-state index in [-0.39, 0.29) is 23.3 Å². The van der Waals surface area contributed by atoms with Gasteiger partial charge in [0.25, 0.3) is 5.91 Å². The zero-order valence-electron chi connectivity index (χ0n) is 18.0. The van der Waals surface area contributed by atoms with Crippen molar-refractivity contribution in [3.05, 3.63) is 48.5 Å². The van der Waals surface area contributed by atoms with Crippen molar-refractivity contribution in [1.29, 1.82) is 0 Å². The zero-order valence-corrected chi connectivity index (χ0v) is 18.9. The maximum atomic E-state index is 12.7. The van der Waals surface area contributed by atoms with Gasteiger partial charge in [-0.2, -0.15) is 4.31 Å². The summed E-state index contributed by atoms with van der Waals surface area (Å²) in [6.45, 7) is 3.16. The van der Waals surface area contributed by atoms with Crippen LogP contribution in [0.4, 0.5) is 11.4 Å². The van der Waals surface area contributed by atoms with E-state index in [1.165, 1.54) is 38.2 Å². The first kappa shape index (κ1) is 24.8. The van der Waals surface area contributed by atoms with E-state index in [2.05, 4.69) is 16.0 Å². The van der Waals surface area contributed by atoms with Crippen LogP contribution in [0.3, 0.4) is 0 Å². The van der Waals surface area contributed by atoms with E-state index in [0.717, 1.165) is 4.31 Å². The summed E-state index contributed by atoms with van der Waals surface area (Å²) >= 11 is 0. The van der Waals surface area contributed by atoms with Crippen molar-refractivity contribution in [2.24, 2.45) is 0 Å². The van der Waals surface area contributed by atoms with Crippen LogP contribution in [0.2, 0.25) is 0 Å². The van der Waals surface area contributed by atoms with E-state index in [1.54, 1.807) is 24.3 Å². The summed E-state index contributed by atoms with van der Waals surface area (Å²) in [6.07, 6.45) is 0. The van der Waals surface area contributed by atoms with Crippen molar-refractivity contribution < 1.29 is 27.5 Å². The zero-order chi connectivity index (χ0) is 23.7. The minimum absolute atomic E-state index is 0.00415. The van der Waals surface area contributed by atoms with E-state index >= 15 is 0 Å². The minimum Gasteiger partial charge on any atom is -0.484 e. The molecule has 0 fully saturated rings. The summed E-state index contributed by atoms with van der Waals surface area (Å²) < 4.78 is 31.6. The van der Waals surface area contributed by atoms with E-state index < -0.39 is 22.5 Å². The van der Waals surface area contributed by atoms with Crippen molar-refractivity contribution >= 4 is 39.1 Å². The quantitative estimate of drug-likeness (QED) is 0.489. The van der Waals surface area contributed by atoms with Crippen LogP contribution in [0, 0.1) is 0 Å². The highest BCUT2D eigenvalue weighted by atomic mass is 32.2. The Bertz CT molecular complexity index is 1050. The molecule has 11 heteroatoms. The predicted octanol–water partition coefficient (Wildman–Crippen LogP) is 1.42. The summed E-state index contributed by atoms with van der Waals surface area (Å²) in [6, 6.07) is 12.0. The van der Waals surface area contributed by atoms with Gasteiger partial charge in [0.15, 0.2) is 6.61 Å². The van der Waals surface area contributed by atoms with Gasteiger partial charge in [0.1, 0.15) is 5.75 Å². The highest BCUT2D eigenvalue weighted by Gasteiger charge is 2.23. The molecule has 0 bridgehead atoms. The Morgan fingerprint density at radius 3 is 2.03 bits per heavy atom. The van der Waals surface area contributed by atoms with Gasteiger partial charge in [-0.3, -0.25) is 14.4 Å². The average Bonchev–Trinajstić information content (AvgIpc) is 2.73. The Labute approximate surface area is 187 Å². The van der Waals surface area contributed by atoms with Gasteiger partial charge in [0, 0.05) is 31.9 Å². The van der Waals surface area contributed by atoms with E-state index in [1.807, 2.05) is 6.92 Å². The second-order valence-corrected chi connectivity index (χ2v) is 8.83. The smallest absolute Gasteiger partial charge is 0.257 e. The summed E-state index contributed by atoms with van der Waals surface area (Å²) in [7, 11) is -2.60. The summed E-state index contributed by atoms with van der Waals surface area (Å²) in [4.78, 5) is 34.8. The lowest BCUT2D eigenvalue weighted by atomic mass is 10.3. The Morgan fingerprint density at radius 1 is 0.906 bits per heavy atom. The molecule has 0 saturated carbocycles. The number of rotatable bonds is 10. The van der Waals surface area contributed by atoms with Gasteiger partial charge >= 0.3 is 0 Å². The number of nitrogens with zero attached hydrogens (tertiary/aromatic N) is 1. The minimum atomic E-state index is -3.90. The molecule has 2 rings (SSSR count). The van der Waals surface area contributed by atoms with Crippen molar-refractivity contribution in [2.75, 3.05) is 37.4 Å². The monoisotopic (exact) mass is 462 g/mol. The van der Waals surface area contributed by atoms with Gasteiger partial charge in [-0.25, -0.2) is 8.42 Å². The normalized spacial score (nSPS) is 11.0. The molecule has 2 aromatic carbocycles. The number of likely N-dealkylation sites (N-methyl/N-ethyl adjacent to an activating group) is 2. The molecular formula is C21H26N4O6S. The fourth-order valence-corrected chi connectivity index (χ4v) is 3.74. The molecule has 0 unspecified atom stereocenters. The largest absolute Gasteiger partial charge is 0.484 e. The number of ether oxygens (including phenoxy) is 1. The maximum Gasteiger partial charge on any atom is 0.257 e. The molecule has 0 spiro atoms. The molecular weight excluding hydrogens is 436 g/mol. The fraction of sp³-hybridized carbons (Fsp3) is 0.286. The molecule has 3 N–H and O–H groups in total. The molecule has 10 nitrogen and oxygen atoms in total. The Hall–Kier alpha value is -3.44. The van der Waals surface area contributed by atoms with Crippen molar-refractivity contribution in [3.8, 4) is 5.75 Å². The number of benzene rings is 2. The summed E-state index contributed by atoms with van der Waals surface area (Å²) in [5.74, 6) is -0.576. The summed E-state index contributed by atoms with van der Waals surface area (Å²) in [5, 5.41) is 7.78. The lowest BCUT2D eigenvalue weighted by molar-refractivity contribution is -0.123. The number of anilines is 2. The lowest BCUT2D eigenvalue weighted by Gasteiger charge is -2.17. The van der Waals surface area contributed by atoms with Crippen molar-refractivity contribution in [3.63, 3.8) is 0 Å². The van der Waals surface area contributed by atoms with Crippen LogP contribution in [0.1, 0.15) is 13.8 Å². The number of carbonyl (C=O) groups is 3. The van der Waals surface area contributed by atoms with E-state index in [9.17, 15) is 22.8 Å². The molecule has 0 aromatic heterocycles. The molecule has 0 atom stereocenters. The highest BCUT2D eigenvalue weighted by molar-refractivity contribution is 7.89. The molecule has 0 aliphatic rings. The molecule has 32 heavy (non-hydrogen) atoms. The molecule has 0 saturated heterocycles. The second-order valence-electron chi connectivity index (χ2n) is 6.78. The first-order valence-corrected chi connectivity index (χ1v) is 11.2. The van der Waals surface area contributed by atoms with Crippen LogP contribution < -0.4 is 20.7 Å². The SMILES string of the molecule is CCNC(=O)COc1ccc(NC(=O)CN(C)S(=O)(=O)c2ccc(NC(C)=O)cc2)cc1. The third-order valence-corrected chi connectivity index (χ3v) is 5.95. The number of amides is 3. The van der Waals surface area contributed by atoms with Gasteiger partial charge in [-0.15, -0.1) is 0 Å². The Balaban J connectivity index is 1.92. The van der Waals surface area contributed by atoms with Crippen LogP contribution in [0.5, 0.6) is 5.75 Å². The standard InChI is InChI=1S/C21H26N4O6S/c1-4-22-21(28)14-31-18-9-5-17(6-10-18)24-20(27)13-25(3)32(29,30)19-11-7-16(8-12-19)23-15(2)26/h5-12H,4,13-14H2,1-3H3,(H,22,28)(H,23,26)(H,24,27). The van der Waals surface area contributed by atoms with E-state index in [4.69, 9.17) is 4.74 Å². The Morgan fingerprint density at radius 2 is 1.47 bits per heavy atom. The fourth-order valence-electron chi connectivity index (χ4n) is 2.61. The maximum absolute atomic E-state index is 12.7.